The van der Waals surface area contributed by atoms with Gasteiger partial charge in [-0.15, -0.1) is 10.2 Å². The molecule has 2 N–H and O–H groups in total. The molecule has 10 nitrogen and oxygen atoms in total. The van der Waals surface area contributed by atoms with Gasteiger partial charge in [0.1, 0.15) is 6.07 Å². The molecule has 1 aromatic carbocycles. The minimum atomic E-state index is -3.24. The Hall–Kier alpha value is -3.42. The predicted molar refractivity (Wildman–Crippen MR) is 104 cm³/mol. The van der Waals surface area contributed by atoms with Crippen LogP contribution in [-0.4, -0.2) is 25.0 Å². The van der Waals surface area contributed by atoms with Crippen molar-refractivity contribution in [2.45, 2.75) is 19.6 Å². The van der Waals surface area contributed by atoms with Crippen molar-refractivity contribution in [3.8, 4) is 23.4 Å². The van der Waals surface area contributed by atoms with Crippen LogP contribution in [0.1, 0.15) is 43.2 Å². The molecule has 0 aliphatic rings. The van der Waals surface area contributed by atoms with E-state index in [0.717, 1.165) is 0 Å². The summed E-state index contributed by atoms with van der Waals surface area (Å²) in [5.41, 5.74) is -6.10. The molecule has 0 saturated heterocycles. The zero-order valence-corrected chi connectivity index (χ0v) is 15.3. The Bertz CT molecular complexity index is 1630. The van der Waals surface area contributed by atoms with Crippen LogP contribution >= 0.6 is 23.2 Å². The molecule has 0 aliphatic heterocycles. The standard InChI is InChI=1S/C17H12Cl2N6O4/c1-7(2)9-5-13(22-23-15(9)26)29-14-10(18)3-8(4-11(14)19)25-17(28)21-16(27)12(6-20)24-25/h3-5,7H,1-2H3,(H,23,26)(H,21,27,28)/i1D3,2D3,3D,4D,5D. The fourth-order valence-corrected chi connectivity index (χ4v) is 2.47. The lowest BCUT2D eigenvalue weighted by atomic mass is 10.1. The number of ether oxygens (including phenoxy) is 1. The minimum absolute atomic E-state index is 0.329. The zero-order valence-electron chi connectivity index (χ0n) is 22.8. The van der Waals surface area contributed by atoms with Crippen LogP contribution in [-0.2, 0) is 0 Å². The molecule has 2 heterocycles. The molecule has 3 aromatic rings. The van der Waals surface area contributed by atoms with Gasteiger partial charge in [-0.3, -0.25) is 14.6 Å². The van der Waals surface area contributed by atoms with Crippen molar-refractivity contribution >= 4 is 23.2 Å². The number of nitriles is 1. The highest BCUT2D eigenvalue weighted by Gasteiger charge is 2.16. The highest BCUT2D eigenvalue weighted by molar-refractivity contribution is 6.37. The maximum absolute atomic E-state index is 12.3. The van der Waals surface area contributed by atoms with E-state index in [1.807, 2.05) is 5.10 Å². The van der Waals surface area contributed by atoms with Gasteiger partial charge in [0.25, 0.3) is 11.1 Å². The second-order valence-electron chi connectivity index (χ2n) is 5.12. The van der Waals surface area contributed by atoms with Crippen LogP contribution in [0.5, 0.6) is 11.6 Å². The fraction of sp³-hybridized carbons (Fsp3) is 0.176. The summed E-state index contributed by atoms with van der Waals surface area (Å²) in [7, 11) is 0. The normalized spacial score (nSPS) is 16.1. The van der Waals surface area contributed by atoms with Gasteiger partial charge in [-0.25, -0.2) is 9.89 Å². The van der Waals surface area contributed by atoms with Crippen LogP contribution in [0, 0.1) is 11.3 Å². The van der Waals surface area contributed by atoms with Gasteiger partial charge < -0.3 is 4.74 Å². The second-order valence-corrected chi connectivity index (χ2v) is 5.87. The first-order chi connectivity index (χ1) is 17.4. The number of H-pyrrole nitrogens is 2. The van der Waals surface area contributed by atoms with Crippen LogP contribution < -0.4 is 21.5 Å². The van der Waals surface area contributed by atoms with Crippen molar-refractivity contribution < 1.29 is 17.1 Å². The Kier molecular flexibility index (Phi) is 3.15. The minimum Gasteiger partial charge on any atom is -0.434 e. The summed E-state index contributed by atoms with van der Waals surface area (Å²) in [6, 6.07) is -1.26. The summed E-state index contributed by atoms with van der Waals surface area (Å²) in [5, 5.41) is 16.4. The molecule has 2 aromatic heterocycles. The summed E-state index contributed by atoms with van der Waals surface area (Å²) in [6.45, 7) is -6.49. The smallest absolute Gasteiger partial charge is 0.349 e. The highest BCUT2D eigenvalue weighted by atomic mass is 35.5. The summed E-state index contributed by atoms with van der Waals surface area (Å²) in [6.07, 6.45) is 0. The van der Waals surface area contributed by atoms with E-state index in [2.05, 4.69) is 10.2 Å². The highest BCUT2D eigenvalue weighted by Crippen LogP contribution is 2.37. The van der Waals surface area contributed by atoms with Crippen LogP contribution in [0.25, 0.3) is 5.69 Å². The molecule has 0 unspecified atom stereocenters. The largest absolute Gasteiger partial charge is 0.434 e. The molecule has 0 amide bonds. The lowest BCUT2D eigenvalue weighted by Crippen LogP contribution is -2.33. The van der Waals surface area contributed by atoms with E-state index in [9.17, 15) is 14.4 Å². The van der Waals surface area contributed by atoms with Crippen molar-refractivity contribution in [3.05, 3.63) is 70.6 Å². The number of nitrogens with one attached hydrogen (secondary N) is 2. The monoisotopic (exact) mass is 443 g/mol. The van der Waals surface area contributed by atoms with Gasteiger partial charge in [0.05, 0.1) is 19.8 Å². The van der Waals surface area contributed by atoms with Crippen LogP contribution in [0.2, 0.25) is 10.0 Å². The molecule has 12 heteroatoms. The van der Waals surface area contributed by atoms with Gasteiger partial charge in [0, 0.05) is 19.8 Å². The quantitative estimate of drug-likeness (QED) is 0.626. The first kappa shape index (κ1) is 11.5. The molecule has 3 rings (SSSR count). The number of hydrogen-bond donors (Lipinski definition) is 2. The molecule has 29 heavy (non-hydrogen) atoms. The molecular formula is C17H12Cl2N6O4. The van der Waals surface area contributed by atoms with E-state index in [0.29, 0.717) is 4.68 Å². The van der Waals surface area contributed by atoms with Gasteiger partial charge >= 0.3 is 5.69 Å². The van der Waals surface area contributed by atoms with Gasteiger partial charge in [-0.05, 0) is 18.0 Å². The third-order valence-corrected chi connectivity index (χ3v) is 3.77. The summed E-state index contributed by atoms with van der Waals surface area (Å²) in [5.74, 6) is -3.99. The zero-order chi connectivity index (χ0) is 28.9. The maximum atomic E-state index is 12.3. The van der Waals surface area contributed by atoms with Crippen LogP contribution in [0.3, 0.4) is 0 Å². The van der Waals surface area contributed by atoms with Crippen molar-refractivity contribution in [2.24, 2.45) is 0 Å². The molecule has 0 spiro atoms. The number of nitrogens with zero attached hydrogens (tertiary/aromatic N) is 4. The molecule has 0 radical (unpaired) electrons. The third kappa shape index (κ3) is 4.06. The molecule has 0 aliphatic carbocycles. The molecule has 0 fully saturated rings. The first-order valence-corrected chi connectivity index (χ1v) is 8.06. The fourth-order valence-electron chi connectivity index (χ4n) is 1.98. The Labute approximate surface area is 184 Å². The van der Waals surface area contributed by atoms with E-state index in [1.165, 1.54) is 6.07 Å². The van der Waals surface area contributed by atoms with E-state index in [1.54, 1.807) is 4.98 Å². The van der Waals surface area contributed by atoms with E-state index in [4.69, 9.17) is 45.5 Å². The average Bonchev–Trinajstić information content (AvgIpc) is 2.79. The van der Waals surface area contributed by atoms with E-state index >= 15 is 0 Å². The number of aromatic nitrogens is 5. The Balaban J connectivity index is 2.25. The number of hydrogen-bond acceptors (Lipinski definition) is 7. The van der Waals surface area contributed by atoms with Gasteiger partial charge in [0.2, 0.25) is 11.6 Å². The van der Waals surface area contributed by atoms with E-state index < -0.39 is 93.2 Å². The summed E-state index contributed by atoms with van der Waals surface area (Å²) in [4.78, 5) is 38.0. The van der Waals surface area contributed by atoms with Gasteiger partial charge in [0.15, 0.2) is 5.75 Å². The average molecular weight is 444 g/mol. The number of benzene rings is 1. The molecule has 0 atom stereocenters. The summed E-state index contributed by atoms with van der Waals surface area (Å²) < 4.78 is 75.8. The maximum Gasteiger partial charge on any atom is 0.349 e. The molecular weight excluding hydrogens is 423 g/mol. The Morgan fingerprint density at radius 2 is 1.93 bits per heavy atom. The van der Waals surface area contributed by atoms with Crippen molar-refractivity contribution in [3.63, 3.8) is 0 Å². The topological polar surface area (TPSA) is 147 Å². The lowest BCUT2D eigenvalue weighted by molar-refractivity contribution is 0.452. The van der Waals surface area contributed by atoms with Crippen molar-refractivity contribution in [1.82, 2.24) is 25.0 Å². The molecule has 148 valence electrons. The van der Waals surface area contributed by atoms with Gasteiger partial charge in [-0.2, -0.15) is 9.94 Å². The number of rotatable bonds is 4. The number of halogens is 2. The SMILES string of the molecule is [2H]c1c(Cl)c(Oc2n[nH]c(=O)c(C(C([2H])([2H])[2H])C([2H])([2H])[2H])c2[2H])c(Cl)c([2H])c1-n1nc(C#N)c(=O)[nH]c1=O. The third-order valence-electron chi connectivity index (χ3n) is 3.23. The number of aromatic amines is 2. The predicted octanol–water partition coefficient (Wildman–Crippen LogP) is 2.10. The first-order valence-electron chi connectivity index (χ1n) is 11.8. The molecule has 0 saturated carbocycles. The molecule has 0 bridgehead atoms. The van der Waals surface area contributed by atoms with Gasteiger partial charge in [-0.1, -0.05) is 36.9 Å². The Morgan fingerprint density at radius 3 is 2.55 bits per heavy atom. The van der Waals surface area contributed by atoms with Crippen molar-refractivity contribution in [1.29, 1.82) is 5.26 Å². The van der Waals surface area contributed by atoms with Crippen LogP contribution in [0.4, 0.5) is 0 Å². The lowest BCUT2D eigenvalue weighted by Gasteiger charge is -2.12. The van der Waals surface area contributed by atoms with Crippen LogP contribution in [0.15, 0.2) is 32.5 Å². The van der Waals surface area contributed by atoms with E-state index in [-0.39, 0.29) is 0 Å². The second kappa shape index (κ2) is 7.90. The Morgan fingerprint density at radius 1 is 1.24 bits per heavy atom. The van der Waals surface area contributed by atoms with Crippen molar-refractivity contribution in [2.75, 3.05) is 0 Å². The summed E-state index contributed by atoms with van der Waals surface area (Å²) >= 11 is 12.3.